The zero-order valence-electron chi connectivity index (χ0n) is 11.8. The summed E-state index contributed by atoms with van der Waals surface area (Å²) < 4.78 is 12.8. The third kappa shape index (κ3) is 4.52. The van der Waals surface area contributed by atoms with Crippen LogP contribution in [0, 0.1) is 5.82 Å². The minimum Gasteiger partial charge on any atom is -0.369 e. The molecule has 0 atom stereocenters. The molecule has 0 aliphatic heterocycles. The molecule has 0 aliphatic carbocycles. The molecule has 1 aromatic carbocycles. The van der Waals surface area contributed by atoms with Crippen molar-refractivity contribution < 1.29 is 9.18 Å². The van der Waals surface area contributed by atoms with Crippen molar-refractivity contribution >= 4 is 11.7 Å². The zero-order valence-corrected chi connectivity index (χ0v) is 11.8. The van der Waals surface area contributed by atoms with Crippen LogP contribution < -0.4 is 10.6 Å². The Bertz CT molecular complexity index is 584. The molecular formula is C15H17FN4O. The summed E-state index contributed by atoms with van der Waals surface area (Å²) in [6.45, 7) is 3.18. The van der Waals surface area contributed by atoms with Crippen LogP contribution >= 0.6 is 0 Å². The van der Waals surface area contributed by atoms with Crippen LogP contribution in [0.3, 0.4) is 0 Å². The van der Waals surface area contributed by atoms with Gasteiger partial charge < -0.3 is 10.6 Å². The molecule has 0 saturated carbocycles. The molecule has 110 valence electrons. The van der Waals surface area contributed by atoms with Crippen molar-refractivity contribution in [2.45, 2.75) is 19.9 Å². The molecule has 0 aliphatic rings. The highest BCUT2D eigenvalue weighted by atomic mass is 19.1. The number of benzene rings is 1. The molecule has 1 aromatic heterocycles. The quantitative estimate of drug-likeness (QED) is 0.856. The minimum atomic E-state index is -0.311. The molecule has 0 radical (unpaired) electrons. The highest BCUT2D eigenvalue weighted by molar-refractivity contribution is 5.91. The lowest BCUT2D eigenvalue weighted by Crippen LogP contribution is -2.24. The molecule has 0 bridgehead atoms. The number of halogens is 1. The van der Waals surface area contributed by atoms with Crippen molar-refractivity contribution in [2.75, 3.05) is 11.9 Å². The van der Waals surface area contributed by atoms with Gasteiger partial charge in [-0.25, -0.2) is 14.4 Å². The van der Waals surface area contributed by atoms with Crippen LogP contribution in [-0.2, 0) is 6.54 Å². The standard InChI is InChI=1S/C15H17FN4O/c1-2-7-17-14-10-18-13(9-19-14)15(21)20-8-11-3-5-12(16)6-4-11/h3-6,9-10H,2,7-8H2,1H3,(H,17,19)(H,20,21). The molecule has 2 rings (SSSR count). The molecule has 1 heterocycles. The first kappa shape index (κ1) is 14.9. The van der Waals surface area contributed by atoms with Crippen LogP contribution in [0.15, 0.2) is 36.7 Å². The summed E-state index contributed by atoms with van der Waals surface area (Å²) in [7, 11) is 0. The van der Waals surface area contributed by atoms with Crippen molar-refractivity contribution in [3.63, 3.8) is 0 Å². The summed E-state index contributed by atoms with van der Waals surface area (Å²) in [6.07, 6.45) is 3.95. The number of carbonyl (C=O) groups excluding carboxylic acids is 1. The van der Waals surface area contributed by atoms with Gasteiger partial charge in [0.15, 0.2) is 0 Å². The fourth-order valence-corrected chi connectivity index (χ4v) is 1.66. The van der Waals surface area contributed by atoms with E-state index in [4.69, 9.17) is 0 Å². The second-order valence-electron chi connectivity index (χ2n) is 4.52. The van der Waals surface area contributed by atoms with Crippen molar-refractivity contribution in [3.8, 4) is 0 Å². The average Bonchev–Trinajstić information content (AvgIpc) is 2.52. The molecule has 5 nitrogen and oxygen atoms in total. The van der Waals surface area contributed by atoms with Crippen LogP contribution in [0.2, 0.25) is 0 Å². The van der Waals surface area contributed by atoms with Gasteiger partial charge in [-0.3, -0.25) is 4.79 Å². The topological polar surface area (TPSA) is 66.9 Å². The zero-order chi connectivity index (χ0) is 15.1. The van der Waals surface area contributed by atoms with Crippen LogP contribution in [0.1, 0.15) is 29.4 Å². The smallest absolute Gasteiger partial charge is 0.271 e. The summed E-state index contributed by atoms with van der Waals surface area (Å²) in [6, 6.07) is 5.96. The number of nitrogens with one attached hydrogen (secondary N) is 2. The second-order valence-corrected chi connectivity index (χ2v) is 4.52. The van der Waals surface area contributed by atoms with E-state index in [9.17, 15) is 9.18 Å². The first-order chi connectivity index (χ1) is 10.2. The van der Waals surface area contributed by atoms with Gasteiger partial charge in [0.05, 0.1) is 12.4 Å². The number of rotatable bonds is 6. The molecule has 2 aromatic rings. The van der Waals surface area contributed by atoms with Gasteiger partial charge in [0, 0.05) is 13.1 Å². The van der Waals surface area contributed by atoms with Crippen molar-refractivity contribution in [1.29, 1.82) is 0 Å². The van der Waals surface area contributed by atoms with Gasteiger partial charge in [0.2, 0.25) is 0 Å². The monoisotopic (exact) mass is 288 g/mol. The Hall–Kier alpha value is -2.50. The number of carbonyl (C=O) groups is 1. The molecule has 2 N–H and O–H groups in total. The molecule has 0 unspecified atom stereocenters. The average molecular weight is 288 g/mol. The van der Waals surface area contributed by atoms with Crippen LogP contribution in [-0.4, -0.2) is 22.4 Å². The van der Waals surface area contributed by atoms with E-state index in [1.165, 1.54) is 24.5 Å². The Kier molecular flexibility index (Phi) is 5.20. The van der Waals surface area contributed by atoms with Crippen LogP contribution in [0.25, 0.3) is 0 Å². The number of hydrogen-bond acceptors (Lipinski definition) is 4. The fourth-order valence-electron chi connectivity index (χ4n) is 1.66. The van der Waals surface area contributed by atoms with E-state index in [2.05, 4.69) is 27.5 Å². The first-order valence-corrected chi connectivity index (χ1v) is 6.77. The van der Waals surface area contributed by atoms with Gasteiger partial charge in [0.25, 0.3) is 5.91 Å². The molecule has 0 spiro atoms. The van der Waals surface area contributed by atoms with Gasteiger partial charge in [-0.1, -0.05) is 19.1 Å². The highest BCUT2D eigenvalue weighted by Gasteiger charge is 2.07. The number of hydrogen-bond donors (Lipinski definition) is 2. The summed E-state index contributed by atoms with van der Waals surface area (Å²) in [5.41, 5.74) is 1.07. The van der Waals surface area contributed by atoms with E-state index < -0.39 is 0 Å². The first-order valence-electron chi connectivity index (χ1n) is 6.77. The Morgan fingerprint density at radius 3 is 2.57 bits per heavy atom. The lowest BCUT2D eigenvalue weighted by atomic mass is 10.2. The number of anilines is 1. The van der Waals surface area contributed by atoms with E-state index in [1.807, 2.05) is 0 Å². The number of aromatic nitrogens is 2. The SMILES string of the molecule is CCCNc1cnc(C(=O)NCc2ccc(F)cc2)cn1. The van der Waals surface area contributed by atoms with Crippen molar-refractivity contribution in [1.82, 2.24) is 15.3 Å². The van der Waals surface area contributed by atoms with Crippen molar-refractivity contribution in [3.05, 3.63) is 53.7 Å². The largest absolute Gasteiger partial charge is 0.369 e. The van der Waals surface area contributed by atoms with Gasteiger partial charge >= 0.3 is 0 Å². The minimum absolute atomic E-state index is 0.249. The molecule has 0 saturated heterocycles. The Morgan fingerprint density at radius 1 is 1.19 bits per heavy atom. The summed E-state index contributed by atoms with van der Waals surface area (Å²) in [5.74, 6) is 0.0342. The number of nitrogens with zero attached hydrogens (tertiary/aromatic N) is 2. The normalized spacial score (nSPS) is 10.2. The summed E-state index contributed by atoms with van der Waals surface area (Å²) in [4.78, 5) is 20.1. The van der Waals surface area contributed by atoms with Gasteiger partial charge in [-0.05, 0) is 24.1 Å². The van der Waals surface area contributed by atoms with E-state index in [1.54, 1.807) is 12.1 Å². The Balaban J connectivity index is 1.89. The molecule has 0 fully saturated rings. The van der Waals surface area contributed by atoms with E-state index >= 15 is 0 Å². The predicted octanol–water partition coefficient (Wildman–Crippen LogP) is 2.37. The second kappa shape index (κ2) is 7.33. The van der Waals surface area contributed by atoms with E-state index in [-0.39, 0.29) is 17.4 Å². The van der Waals surface area contributed by atoms with Gasteiger partial charge in [0.1, 0.15) is 17.3 Å². The third-order valence-electron chi connectivity index (χ3n) is 2.81. The maximum atomic E-state index is 12.8. The lowest BCUT2D eigenvalue weighted by molar-refractivity contribution is 0.0945. The predicted molar refractivity (Wildman–Crippen MR) is 78.4 cm³/mol. The molecule has 6 heteroatoms. The van der Waals surface area contributed by atoms with Crippen molar-refractivity contribution in [2.24, 2.45) is 0 Å². The molecular weight excluding hydrogens is 271 g/mol. The maximum absolute atomic E-state index is 12.8. The molecule has 21 heavy (non-hydrogen) atoms. The third-order valence-corrected chi connectivity index (χ3v) is 2.81. The van der Waals surface area contributed by atoms with Crippen LogP contribution in [0.5, 0.6) is 0 Å². The van der Waals surface area contributed by atoms with Crippen LogP contribution in [0.4, 0.5) is 10.2 Å². The fraction of sp³-hybridized carbons (Fsp3) is 0.267. The Morgan fingerprint density at radius 2 is 1.95 bits per heavy atom. The summed E-state index contributed by atoms with van der Waals surface area (Å²) in [5, 5.41) is 5.80. The van der Waals surface area contributed by atoms with Gasteiger partial charge in [-0.2, -0.15) is 0 Å². The van der Waals surface area contributed by atoms with E-state index in [0.29, 0.717) is 12.4 Å². The number of amides is 1. The molecule has 1 amide bonds. The Labute approximate surface area is 122 Å². The van der Waals surface area contributed by atoms with Gasteiger partial charge in [-0.15, -0.1) is 0 Å². The highest BCUT2D eigenvalue weighted by Crippen LogP contribution is 2.04. The summed E-state index contributed by atoms with van der Waals surface area (Å²) >= 11 is 0. The lowest BCUT2D eigenvalue weighted by Gasteiger charge is -2.06. The van der Waals surface area contributed by atoms with E-state index in [0.717, 1.165) is 18.5 Å². The maximum Gasteiger partial charge on any atom is 0.271 e.